The lowest BCUT2D eigenvalue weighted by molar-refractivity contribution is 0.0701. The Balaban J connectivity index is 2.50. The first kappa shape index (κ1) is 13.2. The van der Waals surface area contributed by atoms with Crippen molar-refractivity contribution in [3.8, 4) is 10.6 Å². The minimum absolute atomic E-state index is 0.337. The summed E-state index contributed by atoms with van der Waals surface area (Å²) in [6.07, 6.45) is 0.630. The molecule has 0 radical (unpaired) electrons. The molecule has 0 saturated heterocycles. The Labute approximate surface area is 118 Å². The molecule has 0 saturated carbocycles. The lowest BCUT2D eigenvalue weighted by Gasteiger charge is -2.00. The van der Waals surface area contributed by atoms with Crippen molar-refractivity contribution < 1.29 is 9.90 Å². The third-order valence-corrected chi connectivity index (χ3v) is 4.63. The van der Waals surface area contributed by atoms with Crippen LogP contribution < -0.4 is 0 Å². The predicted octanol–water partition coefficient (Wildman–Crippen LogP) is 4.14. The van der Waals surface area contributed by atoms with Crippen LogP contribution >= 0.6 is 27.3 Å². The third kappa shape index (κ3) is 2.47. The van der Waals surface area contributed by atoms with Gasteiger partial charge in [-0.25, -0.2) is 9.78 Å². The molecule has 2 aromatic rings. The summed E-state index contributed by atoms with van der Waals surface area (Å²) in [6, 6.07) is 5.93. The van der Waals surface area contributed by atoms with Crippen molar-refractivity contribution in [1.82, 2.24) is 4.98 Å². The van der Waals surface area contributed by atoms with Crippen LogP contribution in [-0.2, 0) is 6.42 Å². The van der Waals surface area contributed by atoms with Crippen LogP contribution in [-0.4, -0.2) is 16.1 Å². The summed E-state index contributed by atoms with van der Waals surface area (Å²) >= 11 is 4.70. The summed E-state index contributed by atoms with van der Waals surface area (Å²) in [7, 11) is 0. The average Bonchev–Trinajstić information content (AvgIpc) is 2.77. The lowest BCUT2D eigenvalue weighted by atomic mass is 10.1. The highest BCUT2D eigenvalue weighted by atomic mass is 79.9. The zero-order valence-electron chi connectivity index (χ0n) is 10.0. The fourth-order valence-corrected chi connectivity index (χ4v) is 2.98. The zero-order chi connectivity index (χ0) is 13.3. The van der Waals surface area contributed by atoms with Gasteiger partial charge in [0.1, 0.15) is 9.88 Å². The van der Waals surface area contributed by atoms with Gasteiger partial charge in [-0.1, -0.05) is 35.0 Å². The summed E-state index contributed by atoms with van der Waals surface area (Å²) < 4.78 is 1.00. The first-order valence-electron chi connectivity index (χ1n) is 5.52. The van der Waals surface area contributed by atoms with Gasteiger partial charge < -0.3 is 5.11 Å². The predicted molar refractivity (Wildman–Crippen MR) is 76.3 cm³/mol. The fraction of sp³-hybridized carbons (Fsp3) is 0.231. The Morgan fingerprint density at radius 2 is 2.22 bits per heavy atom. The SMILES string of the molecule is CCc1nc(-c2ccc(C)c(Br)c2)sc1C(=O)O. The standard InChI is InChI=1S/C13H12BrNO2S/c1-3-10-11(13(16)17)18-12(15-10)8-5-4-7(2)9(14)6-8/h4-6H,3H2,1-2H3,(H,16,17). The van der Waals surface area contributed by atoms with Crippen LogP contribution in [0.3, 0.4) is 0 Å². The molecule has 0 fully saturated rings. The molecule has 0 aliphatic carbocycles. The number of aryl methyl sites for hydroxylation is 2. The normalized spacial score (nSPS) is 10.6. The van der Waals surface area contributed by atoms with Crippen LogP contribution in [0.2, 0.25) is 0 Å². The minimum Gasteiger partial charge on any atom is -0.477 e. The number of hydrogen-bond acceptors (Lipinski definition) is 3. The highest BCUT2D eigenvalue weighted by Gasteiger charge is 2.17. The number of carbonyl (C=O) groups is 1. The molecule has 0 unspecified atom stereocenters. The maximum absolute atomic E-state index is 11.1. The van der Waals surface area contributed by atoms with Crippen LogP contribution in [0.1, 0.15) is 27.9 Å². The summed E-state index contributed by atoms with van der Waals surface area (Å²) in [4.78, 5) is 15.9. The van der Waals surface area contributed by atoms with E-state index in [0.717, 1.165) is 20.6 Å². The minimum atomic E-state index is -0.901. The van der Waals surface area contributed by atoms with E-state index < -0.39 is 5.97 Å². The summed E-state index contributed by atoms with van der Waals surface area (Å²) in [5, 5.41) is 9.87. The number of benzene rings is 1. The van der Waals surface area contributed by atoms with E-state index in [1.165, 1.54) is 11.3 Å². The molecular formula is C13H12BrNO2S. The second-order valence-electron chi connectivity index (χ2n) is 3.92. The molecule has 2 rings (SSSR count). The molecule has 0 amide bonds. The molecule has 1 N–H and O–H groups in total. The van der Waals surface area contributed by atoms with Gasteiger partial charge in [-0.3, -0.25) is 0 Å². The Morgan fingerprint density at radius 3 is 2.72 bits per heavy atom. The van der Waals surface area contributed by atoms with Gasteiger partial charge in [0, 0.05) is 10.0 Å². The summed E-state index contributed by atoms with van der Waals surface area (Å²) in [6.45, 7) is 3.92. The number of halogens is 1. The number of nitrogens with zero attached hydrogens (tertiary/aromatic N) is 1. The van der Waals surface area contributed by atoms with Gasteiger partial charge in [-0.2, -0.15) is 0 Å². The second kappa shape index (κ2) is 5.20. The van der Waals surface area contributed by atoms with Crippen LogP contribution in [0, 0.1) is 6.92 Å². The van der Waals surface area contributed by atoms with Crippen molar-refractivity contribution in [2.24, 2.45) is 0 Å². The quantitative estimate of drug-likeness (QED) is 0.922. The number of rotatable bonds is 3. The molecule has 0 bridgehead atoms. The first-order valence-corrected chi connectivity index (χ1v) is 7.13. The van der Waals surface area contributed by atoms with Crippen molar-refractivity contribution >= 4 is 33.2 Å². The number of carboxylic acids is 1. The Bertz CT molecular complexity index is 607. The molecule has 18 heavy (non-hydrogen) atoms. The molecule has 0 spiro atoms. The van der Waals surface area contributed by atoms with Gasteiger partial charge in [-0.15, -0.1) is 11.3 Å². The molecule has 0 atom stereocenters. The molecule has 5 heteroatoms. The smallest absolute Gasteiger partial charge is 0.347 e. The Morgan fingerprint density at radius 1 is 1.50 bits per heavy atom. The number of hydrogen-bond donors (Lipinski definition) is 1. The van der Waals surface area contributed by atoms with E-state index in [-0.39, 0.29) is 0 Å². The van der Waals surface area contributed by atoms with E-state index in [4.69, 9.17) is 5.11 Å². The fourth-order valence-electron chi connectivity index (χ4n) is 1.61. The van der Waals surface area contributed by atoms with E-state index in [0.29, 0.717) is 17.0 Å². The van der Waals surface area contributed by atoms with E-state index in [2.05, 4.69) is 20.9 Å². The van der Waals surface area contributed by atoms with Crippen molar-refractivity contribution in [2.45, 2.75) is 20.3 Å². The zero-order valence-corrected chi connectivity index (χ0v) is 12.4. The van der Waals surface area contributed by atoms with Crippen molar-refractivity contribution in [3.05, 3.63) is 38.8 Å². The van der Waals surface area contributed by atoms with E-state index in [9.17, 15) is 4.79 Å². The molecule has 1 aromatic carbocycles. The number of aromatic nitrogens is 1. The second-order valence-corrected chi connectivity index (χ2v) is 5.77. The van der Waals surface area contributed by atoms with Crippen molar-refractivity contribution in [2.75, 3.05) is 0 Å². The summed E-state index contributed by atoms with van der Waals surface area (Å²) in [5.41, 5.74) is 2.74. The van der Waals surface area contributed by atoms with Gasteiger partial charge in [0.15, 0.2) is 0 Å². The van der Waals surface area contributed by atoms with Gasteiger partial charge >= 0.3 is 5.97 Å². The van der Waals surface area contributed by atoms with E-state index in [1.54, 1.807) is 0 Å². The van der Waals surface area contributed by atoms with Crippen LogP contribution in [0.25, 0.3) is 10.6 Å². The average molecular weight is 326 g/mol. The molecule has 0 aliphatic heterocycles. The third-order valence-electron chi connectivity index (χ3n) is 2.65. The molecular weight excluding hydrogens is 314 g/mol. The van der Waals surface area contributed by atoms with E-state index >= 15 is 0 Å². The van der Waals surface area contributed by atoms with E-state index in [1.807, 2.05) is 32.0 Å². The lowest BCUT2D eigenvalue weighted by Crippen LogP contribution is -1.97. The number of thiazole rings is 1. The molecule has 94 valence electrons. The van der Waals surface area contributed by atoms with Crippen molar-refractivity contribution in [3.63, 3.8) is 0 Å². The first-order chi connectivity index (χ1) is 8.52. The molecule has 3 nitrogen and oxygen atoms in total. The Hall–Kier alpha value is -1.20. The maximum atomic E-state index is 11.1. The van der Waals surface area contributed by atoms with Crippen LogP contribution in [0.5, 0.6) is 0 Å². The topological polar surface area (TPSA) is 50.2 Å². The molecule has 1 aromatic heterocycles. The Kier molecular flexibility index (Phi) is 3.82. The number of carboxylic acid groups (broad SMARTS) is 1. The molecule has 1 heterocycles. The number of aromatic carboxylic acids is 1. The van der Waals surface area contributed by atoms with Crippen molar-refractivity contribution in [1.29, 1.82) is 0 Å². The maximum Gasteiger partial charge on any atom is 0.347 e. The summed E-state index contributed by atoms with van der Waals surface area (Å²) in [5.74, 6) is -0.901. The monoisotopic (exact) mass is 325 g/mol. The highest BCUT2D eigenvalue weighted by molar-refractivity contribution is 9.10. The molecule has 0 aliphatic rings. The van der Waals surface area contributed by atoms with Crippen LogP contribution in [0.4, 0.5) is 0 Å². The van der Waals surface area contributed by atoms with Crippen LogP contribution in [0.15, 0.2) is 22.7 Å². The van der Waals surface area contributed by atoms with Gasteiger partial charge in [-0.05, 0) is 25.0 Å². The van der Waals surface area contributed by atoms with Gasteiger partial charge in [0.05, 0.1) is 5.69 Å². The highest BCUT2D eigenvalue weighted by Crippen LogP contribution is 2.31. The van der Waals surface area contributed by atoms with Gasteiger partial charge in [0.2, 0.25) is 0 Å². The van der Waals surface area contributed by atoms with Gasteiger partial charge in [0.25, 0.3) is 0 Å². The largest absolute Gasteiger partial charge is 0.477 e.